The average Bonchev–Trinajstić information content (AvgIpc) is 3.19. The fraction of sp³-hybridized carbons (Fsp3) is 0.286. The van der Waals surface area contributed by atoms with Crippen molar-refractivity contribution in [1.82, 2.24) is 4.31 Å². The smallest absolute Gasteiger partial charge is 0.349 e. The molecule has 9 heteroatoms. The summed E-state index contributed by atoms with van der Waals surface area (Å²) in [5.74, 6) is 0.145. The summed E-state index contributed by atoms with van der Waals surface area (Å²) >= 11 is 1.15. The minimum atomic E-state index is -3.85. The highest BCUT2D eigenvalue weighted by molar-refractivity contribution is 7.89. The van der Waals surface area contributed by atoms with Gasteiger partial charge in [0.2, 0.25) is 10.0 Å². The molecule has 0 atom stereocenters. The highest BCUT2D eigenvalue weighted by Gasteiger charge is 2.35. The van der Waals surface area contributed by atoms with Crippen molar-refractivity contribution in [3.05, 3.63) is 53.4 Å². The lowest BCUT2D eigenvalue weighted by molar-refractivity contribution is 0.0602. The number of ether oxygens (including phenoxy) is 2. The van der Waals surface area contributed by atoms with E-state index >= 15 is 0 Å². The topological polar surface area (TPSA) is 76.2 Å². The molecule has 0 spiro atoms. The molecule has 1 aliphatic heterocycles. The molecule has 3 aromatic rings. The van der Waals surface area contributed by atoms with Gasteiger partial charge in [-0.3, -0.25) is 0 Å². The predicted molar refractivity (Wildman–Crippen MR) is 117 cm³/mol. The normalized spacial score (nSPS) is 15.3. The maximum Gasteiger partial charge on any atom is 0.349 e. The van der Waals surface area contributed by atoms with E-state index in [1.165, 1.54) is 11.4 Å². The van der Waals surface area contributed by atoms with E-state index in [-0.39, 0.29) is 9.77 Å². The Kier molecular flexibility index (Phi) is 5.68. The molecular formula is C21H22N2O5S2. The third-order valence-corrected chi connectivity index (χ3v) is 8.46. The lowest BCUT2D eigenvalue weighted by atomic mass is 10.2. The number of hydrogen-bond acceptors (Lipinski definition) is 7. The number of piperazine rings is 1. The van der Waals surface area contributed by atoms with Crippen LogP contribution >= 0.6 is 11.3 Å². The summed E-state index contributed by atoms with van der Waals surface area (Å²) < 4.78 is 39.3. The van der Waals surface area contributed by atoms with E-state index in [1.54, 1.807) is 19.2 Å². The second-order valence-electron chi connectivity index (χ2n) is 6.84. The van der Waals surface area contributed by atoms with Gasteiger partial charge in [-0.25, -0.2) is 13.2 Å². The van der Waals surface area contributed by atoms with Crippen LogP contribution in [0.1, 0.15) is 9.67 Å². The second kappa shape index (κ2) is 8.25. The summed E-state index contributed by atoms with van der Waals surface area (Å²) in [5, 5.41) is 0.556. The van der Waals surface area contributed by atoms with Gasteiger partial charge in [-0.2, -0.15) is 4.31 Å². The first-order valence-electron chi connectivity index (χ1n) is 9.44. The molecule has 0 aliphatic carbocycles. The Hall–Kier alpha value is -2.62. The molecule has 1 aromatic heterocycles. The quantitative estimate of drug-likeness (QED) is 0.560. The van der Waals surface area contributed by atoms with Crippen LogP contribution in [0, 0.1) is 0 Å². The maximum atomic E-state index is 13.5. The van der Waals surface area contributed by atoms with Crippen LogP contribution in [0.4, 0.5) is 5.69 Å². The van der Waals surface area contributed by atoms with Crippen molar-refractivity contribution in [2.45, 2.75) is 4.90 Å². The van der Waals surface area contributed by atoms with Gasteiger partial charge in [0.1, 0.15) is 15.5 Å². The van der Waals surface area contributed by atoms with E-state index in [0.29, 0.717) is 31.6 Å². The predicted octanol–water partition coefficient (Wildman–Crippen LogP) is 3.21. The SMILES string of the molecule is COC(=O)c1sc2ccccc2c1S(=O)(=O)N1CCN(c2ccc(OC)cc2)CC1. The zero-order chi connectivity index (χ0) is 21.3. The fourth-order valence-electron chi connectivity index (χ4n) is 3.61. The van der Waals surface area contributed by atoms with Crippen LogP contribution in [0.2, 0.25) is 0 Å². The molecule has 0 amide bonds. The number of esters is 1. The van der Waals surface area contributed by atoms with E-state index in [2.05, 4.69) is 4.90 Å². The van der Waals surface area contributed by atoms with Gasteiger partial charge in [0.25, 0.3) is 0 Å². The molecule has 2 heterocycles. The number of benzene rings is 2. The number of hydrogen-bond donors (Lipinski definition) is 0. The Morgan fingerprint density at radius 2 is 1.63 bits per heavy atom. The molecule has 0 saturated carbocycles. The Morgan fingerprint density at radius 1 is 0.967 bits per heavy atom. The summed E-state index contributed by atoms with van der Waals surface area (Å²) in [4.78, 5) is 14.6. The Morgan fingerprint density at radius 3 is 2.27 bits per heavy atom. The molecule has 7 nitrogen and oxygen atoms in total. The minimum absolute atomic E-state index is 0.0489. The van der Waals surface area contributed by atoms with Crippen LogP contribution < -0.4 is 9.64 Å². The van der Waals surface area contributed by atoms with Gasteiger partial charge in [-0.05, 0) is 30.3 Å². The number of sulfonamides is 1. The van der Waals surface area contributed by atoms with Crippen molar-refractivity contribution < 1.29 is 22.7 Å². The number of carbonyl (C=O) groups is 1. The van der Waals surface area contributed by atoms with Crippen molar-refractivity contribution in [1.29, 1.82) is 0 Å². The van der Waals surface area contributed by atoms with Gasteiger partial charge in [-0.15, -0.1) is 11.3 Å². The molecule has 1 saturated heterocycles. The summed E-state index contributed by atoms with van der Waals surface area (Å²) in [6.45, 7) is 1.78. The van der Waals surface area contributed by atoms with Crippen molar-refractivity contribution >= 4 is 43.1 Å². The largest absolute Gasteiger partial charge is 0.497 e. The fourth-order valence-corrected chi connectivity index (χ4v) is 6.81. The highest BCUT2D eigenvalue weighted by atomic mass is 32.2. The molecule has 1 aliphatic rings. The van der Waals surface area contributed by atoms with Gasteiger partial charge in [0.15, 0.2) is 0 Å². The summed E-state index contributed by atoms with van der Waals surface area (Å²) in [6, 6.07) is 14.8. The first-order chi connectivity index (χ1) is 14.5. The summed E-state index contributed by atoms with van der Waals surface area (Å²) in [5.41, 5.74) is 1.02. The molecule has 0 bridgehead atoms. The lowest BCUT2D eigenvalue weighted by Crippen LogP contribution is -2.48. The van der Waals surface area contributed by atoms with Crippen LogP contribution in [-0.2, 0) is 14.8 Å². The van der Waals surface area contributed by atoms with Crippen LogP contribution in [0.3, 0.4) is 0 Å². The van der Waals surface area contributed by atoms with Crippen molar-refractivity contribution in [3.63, 3.8) is 0 Å². The lowest BCUT2D eigenvalue weighted by Gasteiger charge is -2.35. The minimum Gasteiger partial charge on any atom is -0.497 e. The molecule has 0 radical (unpaired) electrons. The Balaban J connectivity index is 1.61. The molecule has 0 N–H and O–H groups in total. The van der Waals surface area contributed by atoms with Crippen molar-refractivity contribution in [2.24, 2.45) is 0 Å². The van der Waals surface area contributed by atoms with Crippen molar-refractivity contribution in [3.8, 4) is 5.75 Å². The molecule has 30 heavy (non-hydrogen) atoms. The van der Waals surface area contributed by atoms with Crippen molar-refractivity contribution in [2.75, 3.05) is 45.3 Å². The molecular weight excluding hydrogens is 424 g/mol. The van der Waals surface area contributed by atoms with Gasteiger partial charge in [-0.1, -0.05) is 18.2 Å². The van der Waals surface area contributed by atoms with E-state index in [4.69, 9.17) is 9.47 Å². The molecule has 1 fully saturated rings. The molecule has 2 aromatic carbocycles. The number of methoxy groups -OCH3 is 2. The van der Waals surface area contributed by atoms with Crippen LogP contribution in [0.5, 0.6) is 5.75 Å². The van der Waals surface area contributed by atoms with Gasteiger partial charge < -0.3 is 14.4 Å². The number of fused-ring (bicyclic) bond motifs is 1. The summed E-state index contributed by atoms with van der Waals surface area (Å²) in [6.07, 6.45) is 0. The molecule has 0 unspecified atom stereocenters. The number of carbonyl (C=O) groups excluding carboxylic acids is 1. The second-order valence-corrected chi connectivity index (χ2v) is 9.76. The van der Waals surface area contributed by atoms with E-state index in [9.17, 15) is 13.2 Å². The zero-order valence-corrected chi connectivity index (χ0v) is 18.3. The Labute approximate surface area is 179 Å². The number of nitrogens with zero attached hydrogens (tertiary/aromatic N) is 2. The first kappa shape index (κ1) is 20.6. The summed E-state index contributed by atoms with van der Waals surface area (Å²) in [7, 11) is -0.970. The maximum absolute atomic E-state index is 13.5. The van der Waals surface area contributed by atoms with Gasteiger partial charge >= 0.3 is 5.97 Å². The van der Waals surface area contributed by atoms with Gasteiger partial charge in [0.05, 0.1) is 14.2 Å². The number of anilines is 1. The third-order valence-electron chi connectivity index (χ3n) is 5.19. The highest BCUT2D eigenvalue weighted by Crippen LogP contribution is 2.37. The Bertz CT molecular complexity index is 1160. The van der Waals surface area contributed by atoms with Crippen LogP contribution in [0.15, 0.2) is 53.4 Å². The molecule has 158 valence electrons. The standard InChI is InChI=1S/C21H22N2O5S2/c1-27-16-9-7-15(8-10-16)22-11-13-23(14-12-22)30(25,26)20-17-5-3-4-6-18(17)29-19(20)21(24)28-2/h3-10H,11-14H2,1-2H3. The third kappa shape index (κ3) is 3.64. The monoisotopic (exact) mass is 446 g/mol. The average molecular weight is 447 g/mol. The van der Waals surface area contributed by atoms with E-state index < -0.39 is 16.0 Å². The first-order valence-corrected chi connectivity index (χ1v) is 11.7. The molecule has 4 rings (SSSR count). The van der Waals surface area contributed by atoms with E-state index in [1.807, 2.05) is 36.4 Å². The number of rotatable bonds is 5. The number of thiophene rings is 1. The van der Waals surface area contributed by atoms with Crippen LogP contribution in [-0.4, -0.2) is 59.1 Å². The van der Waals surface area contributed by atoms with Crippen LogP contribution in [0.25, 0.3) is 10.1 Å². The zero-order valence-electron chi connectivity index (χ0n) is 16.7. The van der Waals surface area contributed by atoms with E-state index in [0.717, 1.165) is 27.5 Å². The van der Waals surface area contributed by atoms with Gasteiger partial charge in [0, 0.05) is 42.0 Å².